The Bertz CT molecular complexity index is 1070. The molecule has 0 aliphatic carbocycles. The van der Waals surface area contributed by atoms with Gasteiger partial charge in [-0.1, -0.05) is 12.1 Å². The Kier molecular flexibility index (Phi) is 5.33. The number of hydrogen-bond donors (Lipinski definition) is 2. The quantitative estimate of drug-likeness (QED) is 0.674. The molecule has 2 aromatic carbocycles. The Morgan fingerprint density at radius 1 is 1.00 bits per heavy atom. The van der Waals surface area contributed by atoms with E-state index < -0.39 is 27.6 Å². The summed E-state index contributed by atoms with van der Waals surface area (Å²) < 4.78 is 59.6. The topological polar surface area (TPSA) is 88.4 Å². The van der Waals surface area contributed by atoms with Crippen LogP contribution in [0, 0.1) is 11.6 Å². The van der Waals surface area contributed by atoms with Crippen molar-refractivity contribution in [1.82, 2.24) is 4.72 Å². The van der Waals surface area contributed by atoms with Gasteiger partial charge in [0.15, 0.2) is 0 Å². The number of sulfonamides is 1. The molecule has 0 aliphatic heterocycles. The van der Waals surface area contributed by atoms with Crippen LogP contribution in [0.3, 0.4) is 0 Å². The number of amides is 1. The van der Waals surface area contributed by atoms with Gasteiger partial charge in [0.05, 0.1) is 29.0 Å². The van der Waals surface area contributed by atoms with Crippen molar-refractivity contribution in [2.45, 2.75) is 11.4 Å². The van der Waals surface area contributed by atoms with E-state index in [1.165, 1.54) is 24.5 Å². The van der Waals surface area contributed by atoms with E-state index in [2.05, 4.69) is 10.0 Å². The number of nitrogens with one attached hydrogen (secondary N) is 2. The van der Waals surface area contributed by atoms with Gasteiger partial charge >= 0.3 is 0 Å². The van der Waals surface area contributed by atoms with Crippen LogP contribution in [0.1, 0.15) is 16.1 Å². The lowest BCUT2D eigenvalue weighted by Gasteiger charge is -2.10. The average Bonchev–Trinajstić information content (AvgIpc) is 3.15. The highest BCUT2D eigenvalue weighted by Crippen LogP contribution is 2.20. The van der Waals surface area contributed by atoms with Crippen LogP contribution in [-0.4, -0.2) is 14.3 Å². The van der Waals surface area contributed by atoms with Crippen LogP contribution in [0.2, 0.25) is 0 Å². The molecule has 27 heavy (non-hydrogen) atoms. The van der Waals surface area contributed by atoms with Crippen molar-refractivity contribution in [3.63, 3.8) is 0 Å². The van der Waals surface area contributed by atoms with Crippen LogP contribution in [-0.2, 0) is 16.6 Å². The second-order valence-corrected chi connectivity index (χ2v) is 7.25. The third-order valence-corrected chi connectivity index (χ3v) is 5.03. The molecule has 9 heteroatoms. The lowest BCUT2D eigenvalue weighted by Crippen LogP contribution is -2.23. The fourth-order valence-electron chi connectivity index (χ4n) is 2.26. The number of carbonyl (C=O) groups is 1. The van der Waals surface area contributed by atoms with Crippen molar-refractivity contribution >= 4 is 21.6 Å². The van der Waals surface area contributed by atoms with Gasteiger partial charge in [0, 0.05) is 0 Å². The van der Waals surface area contributed by atoms with Gasteiger partial charge in [0.25, 0.3) is 5.91 Å². The van der Waals surface area contributed by atoms with Gasteiger partial charge in [-0.2, -0.15) is 0 Å². The normalized spacial score (nSPS) is 11.3. The Labute approximate surface area is 153 Å². The van der Waals surface area contributed by atoms with Crippen molar-refractivity contribution in [2.75, 3.05) is 5.32 Å². The molecule has 1 amide bonds. The van der Waals surface area contributed by atoms with E-state index in [-0.39, 0.29) is 22.7 Å². The highest BCUT2D eigenvalue weighted by molar-refractivity contribution is 7.89. The van der Waals surface area contributed by atoms with Crippen molar-refractivity contribution < 1.29 is 26.4 Å². The number of hydrogen-bond acceptors (Lipinski definition) is 4. The molecular weight excluding hydrogens is 378 g/mol. The summed E-state index contributed by atoms with van der Waals surface area (Å²) in [5.41, 5.74) is -0.526. The molecule has 0 saturated heterocycles. The molecule has 0 unspecified atom stereocenters. The highest BCUT2D eigenvalue weighted by atomic mass is 32.2. The third kappa shape index (κ3) is 4.39. The maximum Gasteiger partial charge on any atom is 0.258 e. The van der Waals surface area contributed by atoms with Gasteiger partial charge in [-0.3, -0.25) is 4.79 Å². The predicted octanol–water partition coefficient (Wildman–Crippen LogP) is 3.29. The van der Waals surface area contributed by atoms with Crippen molar-refractivity contribution in [1.29, 1.82) is 0 Å². The minimum atomic E-state index is -3.99. The van der Waals surface area contributed by atoms with E-state index in [1.54, 1.807) is 12.1 Å². The van der Waals surface area contributed by atoms with Gasteiger partial charge in [-0.15, -0.1) is 0 Å². The van der Waals surface area contributed by atoms with Crippen LogP contribution in [0.25, 0.3) is 0 Å². The molecule has 1 aromatic heterocycles. The molecule has 6 nitrogen and oxygen atoms in total. The van der Waals surface area contributed by atoms with Crippen molar-refractivity contribution in [3.8, 4) is 0 Å². The molecule has 0 atom stereocenters. The molecule has 3 aromatic rings. The molecular formula is C18H14F2N2O4S. The zero-order valence-corrected chi connectivity index (χ0v) is 14.6. The summed E-state index contributed by atoms with van der Waals surface area (Å²) in [5.74, 6) is -2.18. The SMILES string of the molecule is O=C(Nc1ccc(S(=O)(=O)NCc2ccco2)cc1F)c1ccccc1F. The highest BCUT2D eigenvalue weighted by Gasteiger charge is 2.18. The third-order valence-electron chi connectivity index (χ3n) is 3.63. The van der Waals surface area contributed by atoms with E-state index in [9.17, 15) is 22.0 Å². The molecule has 3 rings (SSSR count). The summed E-state index contributed by atoms with van der Waals surface area (Å²) in [4.78, 5) is 11.7. The lowest BCUT2D eigenvalue weighted by molar-refractivity contribution is 0.102. The second kappa shape index (κ2) is 7.68. The minimum absolute atomic E-state index is 0.0945. The summed E-state index contributed by atoms with van der Waals surface area (Å²) in [6, 6.07) is 11.4. The predicted molar refractivity (Wildman–Crippen MR) is 93.5 cm³/mol. The van der Waals surface area contributed by atoms with Gasteiger partial charge in [0.1, 0.15) is 17.4 Å². The van der Waals surface area contributed by atoms with Crippen molar-refractivity contribution in [2.24, 2.45) is 0 Å². The van der Waals surface area contributed by atoms with E-state index in [0.717, 1.165) is 24.3 Å². The van der Waals surface area contributed by atoms with E-state index in [1.807, 2.05) is 0 Å². The standard InChI is InChI=1S/C18H14F2N2O4S/c19-15-6-2-1-5-14(15)18(23)22-17-8-7-13(10-16(17)20)27(24,25)21-11-12-4-3-9-26-12/h1-10,21H,11H2,(H,22,23). The maximum absolute atomic E-state index is 14.3. The van der Waals surface area contributed by atoms with Crippen LogP contribution >= 0.6 is 0 Å². The Balaban J connectivity index is 1.75. The molecule has 1 heterocycles. The molecule has 0 radical (unpaired) electrons. The lowest BCUT2D eigenvalue weighted by atomic mass is 10.2. The van der Waals surface area contributed by atoms with Gasteiger partial charge in [-0.25, -0.2) is 21.9 Å². The zero-order chi connectivity index (χ0) is 19.4. The first kappa shape index (κ1) is 18.7. The van der Waals surface area contributed by atoms with Crippen LogP contribution in [0.4, 0.5) is 14.5 Å². The summed E-state index contributed by atoms with van der Waals surface area (Å²) >= 11 is 0. The summed E-state index contributed by atoms with van der Waals surface area (Å²) in [6.45, 7) is -0.0945. The number of rotatable bonds is 6. The number of halogens is 2. The Morgan fingerprint density at radius 2 is 1.78 bits per heavy atom. The summed E-state index contributed by atoms with van der Waals surface area (Å²) in [6.07, 6.45) is 1.40. The average molecular weight is 392 g/mol. The molecule has 0 aliphatic rings. The van der Waals surface area contributed by atoms with Gasteiger partial charge < -0.3 is 9.73 Å². The fourth-order valence-corrected chi connectivity index (χ4v) is 3.27. The maximum atomic E-state index is 14.3. The minimum Gasteiger partial charge on any atom is -0.468 e. The first-order valence-corrected chi connectivity index (χ1v) is 9.22. The summed E-state index contributed by atoms with van der Waals surface area (Å²) in [5, 5.41) is 2.22. The number of anilines is 1. The molecule has 0 saturated carbocycles. The van der Waals surface area contributed by atoms with Crippen LogP contribution in [0.5, 0.6) is 0 Å². The smallest absolute Gasteiger partial charge is 0.258 e. The monoisotopic (exact) mass is 392 g/mol. The van der Waals surface area contributed by atoms with Crippen molar-refractivity contribution in [3.05, 3.63) is 83.8 Å². The number of carbonyl (C=O) groups excluding carboxylic acids is 1. The van der Waals surface area contributed by atoms with E-state index in [4.69, 9.17) is 4.42 Å². The first-order valence-electron chi connectivity index (χ1n) is 7.74. The summed E-state index contributed by atoms with van der Waals surface area (Å²) in [7, 11) is -3.99. The fraction of sp³-hybridized carbons (Fsp3) is 0.0556. The van der Waals surface area contributed by atoms with Gasteiger partial charge in [-0.05, 0) is 42.5 Å². The largest absolute Gasteiger partial charge is 0.468 e. The molecule has 2 N–H and O–H groups in total. The first-order chi connectivity index (χ1) is 12.9. The molecule has 0 spiro atoms. The molecule has 140 valence electrons. The molecule has 0 bridgehead atoms. The van der Waals surface area contributed by atoms with Gasteiger partial charge in [0.2, 0.25) is 10.0 Å². The van der Waals surface area contributed by atoms with E-state index >= 15 is 0 Å². The van der Waals surface area contributed by atoms with E-state index in [0.29, 0.717) is 5.76 Å². The molecule has 0 fully saturated rings. The number of furan rings is 1. The van der Waals surface area contributed by atoms with Crippen LogP contribution in [0.15, 0.2) is 70.2 Å². The van der Waals surface area contributed by atoms with Crippen LogP contribution < -0.4 is 10.0 Å². The second-order valence-electron chi connectivity index (χ2n) is 5.48. The Hall–Kier alpha value is -3.04. The number of benzene rings is 2. The Morgan fingerprint density at radius 3 is 2.44 bits per heavy atom. The zero-order valence-electron chi connectivity index (χ0n) is 13.8.